The number of hydrogen-bond donors (Lipinski definition) is 2. The van der Waals surface area contributed by atoms with E-state index in [1.54, 1.807) is 0 Å². The molecule has 3 rings (SSSR count). The van der Waals surface area contributed by atoms with Crippen LogP contribution in [0.2, 0.25) is 0 Å². The fourth-order valence-electron chi connectivity index (χ4n) is 2.32. The second-order valence-corrected chi connectivity index (χ2v) is 6.36. The van der Waals surface area contributed by atoms with Gasteiger partial charge in [-0.1, -0.05) is 6.07 Å². The molecule has 0 saturated carbocycles. The molecule has 0 saturated heterocycles. The predicted molar refractivity (Wildman–Crippen MR) is 106 cm³/mol. The van der Waals surface area contributed by atoms with Crippen LogP contribution in [0.3, 0.4) is 0 Å². The maximum absolute atomic E-state index is 14.1. The summed E-state index contributed by atoms with van der Waals surface area (Å²) in [6.45, 7) is 0.808. The van der Waals surface area contributed by atoms with Crippen LogP contribution in [0, 0.1) is 17.5 Å². The lowest BCUT2D eigenvalue weighted by atomic mass is 10.1. The average molecular weight is 445 g/mol. The third kappa shape index (κ3) is 5.22. The molecule has 3 aromatic rings. The summed E-state index contributed by atoms with van der Waals surface area (Å²) in [5, 5.41) is 2.92. The van der Waals surface area contributed by atoms with Gasteiger partial charge in [-0.25, -0.2) is 18.2 Å². The van der Waals surface area contributed by atoms with Gasteiger partial charge in [0.2, 0.25) is 5.06 Å². The van der Waals surface area contributed by atoms with Gasteiger partial charge in [0.25, 0.3) is 5.91 Å². The Morgan fingerprint density at radius 2 is 1.86 bits per heavy atom. The van der Waals surface area contributed by atoms with Gasteiger partial charge in [0.1, 0.15) is 34.5 Å². The monoisotopic (exact) mass is 444 g/mol. The van der Waals surface area contributed by atoms with E-state index in [0.29, 0.717) is 30.3 Å². The standard InChI is InChI=1S/C18H15F3N4O2S.ClH/c19-10-3-1-4-11(20)15(10)16-12(21)5-6-13(24-16)17(26)25-14-9-23-28-18(14)27-8-2-7-22;/h1,3-6,9H,2,7-8,22H2,(H,25,26);1H. The molecule has 1 aromatic carbocycles. The molecule has 0 aliphatic rings. The number of pyridine rings is 1. The maximum Gasteiger partial charge on any atom is 0.274 e. The minimum atomic E-state index is -0.985. The molecular weight excluding hydrogens is 429 g/mol. The van der Waals surface area contributed by atoms with E-state index >= 15 is 0 Å². The fraction of sp³-hybridized carbons (Fsp3) is 0.167. The molecule has 2 aromatic heterocycles. The van der Waals surface area contributed by atoms with E-state index in [1.165, 1.54) is 6.20 Å². The predicted octanol–water partition coefficient (Wildman–Crippen LogP) is 4.02. The first-order valence-electron chi connectivity index (χ1n) is 8.21. The van der Waals surface area contributed by atoms with Crippen molar-refractivity contribution in [1.29, 1.82) is 0 Å². The summed E-state index contributed by atoms with van der Waals surface area (Å²) in [6.07, 6.45) is 2.02. The number of rotatable bonds is 7. The van der Waals surface area contributed by atoms with E-state index in [-0.39, 0.29) is 18.1 Å². The van der Waals surface area contributed by atoms with Gasteiger partial charge >= 0.3 is 0 Å². The Kier molecular flexibility index (Phi) is 7.94. The molecule has 2 heterocycles. The number of aromatic nitrogens is 2. The van der Waals surface area contributed by atoms with E-state index in [4.69, 9.17) is 10.5 Å². The molecule has 1 amide bonds. The second kappa shape index (κ2) is 10.2. The number of benzene rings is 1. The molecule has 6 nitrogen and oxygen atoms in total. The Hall–Kier alpha value is -2.69. The highest BCUT2D eigenvalue weighted by Gasteiger charge is 2.20. The Bertz CT molecular complexity index is 983. The zero-order valence-corrected chi connectivity index (χ0v) is 16.5. The van der Waals surface area contributed by atoms with Gasteiger partial charge in [0, 0.05) is 11.5 Å². The van der Waals surface area contributed by atoms with E-state index in [0.717, 1.165) is 41.9 Å². The van der Waals surface area contributed by atoms with Crippen LogP contribution in [0.15, 0.2) is 36.5 Å². The highest BCUT2D eigenvalue weighted by molar-refractivity contribution is 7.08. The molecule has 0 spiro atoms. The molecular formula is C18H16ClF3N4O2S. The lowest BCUT2D eigenvalue weighted by Crippen LogP contribution is -2.15. The largest absolute Gasteiger partial charge is 0.481 e. The molecule has 11 heteroatoms. The minimum absolute atomic E-state index is 0. The molecule has 0 aliphatic carbocycles. The second-order valence-electron chi connectivity index (χ2n) is 5.60. The van der Waals surface area contributed by atoms with Crippen LogP contribution in [-0.4, -0.2) is 28.4 Å². The van der Waals surface area contributed by atoms with Crippen molar-refractivity contribution in [3.63, 3.8) is 0 Å². The van der Waals surface area contributed by atoms with Crippen molar-refractivity contribution in [1.82, 2.24) is 9.36 Å². The van der Waals surface area contributed by atoms with Crippen molar-refractivity contribution < 1.29 is 22.7 Å². The van der Waals surface area contributed by atoms with Crippen LogP contribution in [-0.2, 0) is 0 Å². The number of carbonyl (C=O) groups excluding carboxylic acids is 1. The first-order chi connectivity index (χ1) is 13.5. The lowest BCUT2D eigenvalue weighted by molar-refractivity contribution is 0.102. The van der Waals surface area contributed by atoms with Crippen molar-refractivity contribution >= 4 is 35.5 Å². The highest BCUT2D eigenvalue weighted by Crippen LogP contribution is 2.30. The number of hydrogen-bond acceptors (Lipinski definition) is 6. The van der Waals surface area contributed by atoms with Gasteiger partial charge in [-0.05, 0) is 37.2 Å². The summed E-state index contributed by atoms with van der Waals surface area (Å²) in [7, 11) is 0. The van der Waals surface area contributed by atoms with Crippen LogP contribution in [0.4, 0.5) is 18.9 Å². The number of nitrogens with one attached hydrogen (secondary N) is 1. The number of anilines is 1. The van der Waals surface area contributed by atoms with E-state index in [1.807, 2.05) is 0 Å². The summed E-state index contributed by atoms with van der Waals surface area (Å²) in [6, 6.07) is 5.15. The first kappa shape index (κ1) is 22.6. The van der Waals surface area contributed by atoms with Gasteiger partial charge in [-0.3, -0.25) is 4.79 Å². The summed E-state index contributed by atoms with van der Waals surface area (Å²) in [4.78, 5) is 16.3. The third-order valence-corrected chi connectivity index (χ3v) is 4.36. The van der Waals surface area contributed by atoms with Gasteiger partial charge in [0.05, 0.1) is 18.4 Å². The van der Waals surface area contributed by atoms with Crippen LogP contribution in [0.5, 0.6) is 5.06 Å². The molecule has 29 heavy (non-hydrogen) atoms. The van der Waals surface area contributed by atoms with Crippen LogP contribution in [0.25, 0.3) is 11.3 Å². The molecule has 0 bridgehead atoms. The lowest BCUT2D eigenvalue weighted by Gasteiger charge is -2.09. The first-order valence-corrected chi connectivity index (χ1v) is 8.98. The van der Waals surface area contributed by atoms with Gasteiger partial charge in [-0.15, -0.1) is 12.4 Å². The molecule has 0 fully saturated rings. The SMILES string of the molecule is Cl.NCCCOc1sncc1NC(=O)c1ccc(F)c(-c2c(F)cccc2F)n1. The molecule has 3 N–H and O–H groups in total. The van der Waals surface area contributed by atoms with Crippen molar-refractivity contribution in [3.8, 4) is 16.3 Å². The molecule has 0 aliphatic heterocycles. The fourth-order valence-corrected chi connectivity index (χ4v) is 2.91. The zero-order valence-electron chi connectivity index (χ0n) is 14.8. The van der Waals surface area contributed by atoms with Crippen molar-refractivity contribution in [2.45, 2.75) is 6.42 Å². The van der Waals surface area contributed by atoms with E-state index in [9.17, 15) is 18.0 Å². The number of halogens is 4. The van der Waals surface area contributed by atoms with E-state index in [2.05, 4.69) is 14.7 Å². The third-order valence-electron chi connectivity index (χ3n) is 3.65. The average Bonchev–Trinajstić information content (AvgIpc) is 3.10. The number of carbonyl (C=O) groups is 1. The zero-order chi connectivity index (χ0) is 20.1. The Balaban J connectivity index is 0.00000300. The Morgan fingerprint density at radius 1 is 1.14 bits per heavy atom. The summed E-state index contributed by atoms with van der Waals surface area (Å²) in [5.74, 6) is -3.63. The molecule has 0 unspecified atom stereocenters. The van der Waals surface area contributed by atoms with Crippen LogP contribution < -0.4 is 15.8 Å². The number of nitrogens with two attached hydrogens (primary N) is 1. The van der Waals surface area contributed by atoms with Crippen molar-refractivity contribution in [3.05, 3.63) is 59.7 Å². The van der Waals surface area contributed by atoms with Gasteiger partial charge in [-0.2, -0.15) is 4.37 Å². The minimum Gasteiger partial charge on any atom is -0.481 e. The quantitative estimate of drug-likeness (QED) is 0.537. The maximum atomic E-state index is 14.1. The number of nitrogens with zero attached hydrogens (tertiary/aromatic N) is 2. The van der Waals surface area contributed by atoms with Crippen LogP contribution in [0.1, 0.15) is 16.9 Å². The molecule has 154 valence electrons. The smallest absolute Gasteiger partial charge is 0.274 e. The number of amides is 1. The molecule has 0 atom stereocenters. The van der Waals surface area contributed by atoms with Crippen molar-refractivity contribution in [2.24, 2.45) is 5.73 Å². The highest BCUT2D eigenvalue weighted by atomic mass is 35.5. The normalized spacial score (nSPS) is 10.3. The summed E-state index contributed by atoms with van der Waals surface area (Å²) >= 11 is 1.04. The topological polar surface area (TPSA) is 90.1 Å². The Labute approximate surface area is 174 Å². The Morgan fingerprint density at radius 3 is 2.55 bits per heavy atom. The number of ether oxygens (including phenoxy) is 1. The molecule has 0 radical (unpaired) electrons. The van der Waals surface area contributed by atoms with E-state index < -0.39 is 34.6 Å². The van der Waals surface area contributed by atoms with Crippen LogP contribution >= 0.6 is 23.9 Å². The summed E-state index contributed by atoms with van der Waals surface area (Å²) < 4.78 is 51.5. The summed E-state index contributed by atoms with van der Waals surface area (Å²) in [5.41, 5.74) is 4.25. The van der Waals surface area contributed by atoms with Gasteiger partial charge in [0.15, 0.2) is 0 Å². The van der Waals surface area contributed by atoms with Gasteiger partial charge < -0.3 is 15.8 Å². The van der Waals surface area contributed by atoms with Crippen molar-refractivity contribution in [2.75, 3.05) is 18.5 Å².